The second kappa shape index (κ2) is 6.21. The SMILES string of the molecule is CC1CCCCN1S(=O)(=O)c1ccc(S(=O)(=O)C(F)F)cc1. The highest BCUT2D eigenvalue weighted by molar-refractivity contribution is 7.91. The zero-order valence-electron chi connectivity index (χ0n) is 11.9. The van der Waals surface area contributed by atoms with Gasteiger partial charge in [-0.25, -0.2) is 16.8 Å². The predicted octanol–water partition coefficient (Wildman–Crippen LogP) is 2.25. The van der Waals surface area contributed by atoms with Crippen molar-refractivity contribution < 1.29 is 25.6 Å². The maximum atomic E-state index is 12.5. The highest BCUT2D eigenvalue weighted by atomic mass is 32.2. The summed E-state index contributed by atoms with van der Waals surface area (Å²) < 4.78 is 74.0. The van der Waals surface area contributed by atoms with E-state index >= 15 is 0 Å². The molecule has 0 aliphatic carbocycles. The first-order valence-corrected chi connectivity index (χ1v) is 9.80. The van der Waals surface area contributed by atoms with Crippen LogP contribution in [0.25, 0.3) is 0 Å². The Morgan fingerprint density at radius 3 is 2.09 bits per heavy atom. The summed E-state index contributed by atoms with van der Waals surface area (Å²) in [6.45, 7) is 2.22. The lowest BCUT2D eigenvalue weighted by atomic mass is 10.1. The third-order valence-electron chi connectivity index (χ3n) is 3.74. The predicted molar refractivity (Wildman–Crippen MR) is 76.8 cm³/mol. The second-order valence-corrected chi connectivity index (χ2v) is 9.05. The molecule has 1 aromatic carbocycles. The first-order chi connectivity index (χ1) is 10.2. The zero-order chi connectivity index (χ0) is 16.5. The van der Waals surface area contributed by atoms with Crippen LogP contribution in [0.5, 0.6) is 0 Å². The summed E-state index contributed by atoms with van der Waals surface area (Å²) in [5, 5.41) is 0. The Balaban J connectivity index is 2.34. The molecule has 0 amide bonds. The average molecular weight is 353 g/mol. The van der Waals surface area contributed by atoms with Crippen molar-refractivity contribution >= 4 is 19.9 Å². The van der Waals surface area contributed by atoms with Gasteiger partial charge in [0, 0.05) is 12.6 Å². The Labute approximate surface area is 128 Å². The fourth-order valence-corrected chi connectivity index (χ4v) is 4.89. The molecule has 1 atom stereocenters. The van der Waals surface area contributed by atoms with Gasteiger partial charge in [-0.15, -0.1) is 0 Å². The van der Waals surface area contributed by atoms with E-state index in [0.717, 1.165) is 43.5 Å². The maximum absolute atomic E-state index is 12.5. The van der Waals surface area contributed by atoms with Crippen molar-refractivity contribution in [1.29, 1.82) is 0 Å². The van der Waals surface area contributed by atoms with Crippen molar-refractivity contribution in [1.82, 2.24) is 4.31 Å². The van der Waals surface area contributed by atoms with E-state index in [4.69, 9.17) is 0 Å². The number of sulfone groups is 1. The van der Waals surface area contributed by atoms with Crippen LogP contribution in [0, 0.1) is 0 Å². The molecule has 1 aliphatic heterocycles. The molecule has 1 aliphatic rings. The first-order valence-electron chi connectivity index (χ1n) is 6.81. The lowest BCUT2D eigenvalue weighted by Crippen LogP contribution is -2.41. The van der Waals surface area contributed by atoms with E-state index in [1.807, 2.05) is 6.92 Å². The van der Waals surface area contributed by atoms with E-state index in [2.05, 4.69) is 0 Å². The highest BCUT2D eigenvalue weighted by Gasteiger charge is 2.32. The molecule has 1 heterocycles. The molecular weight excluding hydrogens is 336 g/mol. The van der Waals surface area contributed by atoms with Crippen molar-refractivity contribution in [2.75, 3.05) is 6.54 Å². The van der Waals surface area contributed by atoms with Gasteiger partial charge < -0.3 is 0 Å². The maximum Gasteiger partial charge on any atom is 0.341 e. The minimum absolute atomic E-state index is 0.0885. The molecule has 9 heteroatoms. The normalized spacial score (nSPS) is 21.2. The minimum Gasteiger partial charge on any atom is -0.218 e. The molecule has 22 heavy (non-hydrogen) atoms. The number of hydrogen-bond donors (Lipinski definition) is 0. The minimum atomic E-state index is -4.72. The largest absolute Gasteiger partial charge is 0.341 e. The van der Waals surface area contributed by atoms with Crippen LogP contribution in [0.15, 0.2) is 34.1 Å². The van der Waals surface area contributed by atoms with Crippen LogP contribution in [0.2, 0.25) is 0 Å². The van der Waals surface area contributed by atoms with E-state index in [-0.39, 0.29) is 10.9 Å². The number of rotatable bonds is 4. The van der Waals surface area contributed by atoms with Gasteiger partial charge in [0.2, 0.25) is 19.9 Å². The Bertz CT molecular complexity index is 730. The molecule has 0 N–H and O–H groups in total. The Kier molecular flexibility index (Phi) is 4.88. The molecule has 0 aromatic heterocycles. The Hall–Kier alpha value is -1.06. The highest BCUT2D eigenvalue weighted by Crippen LogP contribution is 2.26. The fraction of sp³-hybridized carbons (Fsp3) is 0.538. The van der Waals surface area contributed by atoms with Crippen molar-refractivity contribution in [2.45, 2.75) is 47.8 Å². The summed E-state index contributed by atoms with van der Waals surface area (Å²) in [6, 6.07) is 3.80. The van der Waals surface area contributed by atoms with Crippen molar-refractivity contribution in [3.63, 3.8) is 0 Å². The molecule has 0 saturated carbocycles. The molecule has 0 spiro atoms. The summed E-state index contributed by atoms with van der Waals surface area (Å²) >= 11 is 0. The fourth-order valence-electron chi connectivity index (χ4n) is 2.47. The van der Waals surface area contributed by atoms with Crippen molar-refractivity contribution in [2.24, 2.45) is 0 Å². The van der Waals surface area contributed by atoms with Gasteiger partial charge in [0.1, 0.15) is 0 Å². The van der Waals surface area contributed by atoms with Crippen LogP contribution < -0.4 is 0 Å². The van der Waals surface area contributed by atoms with Crippen LogP contribution in [-0.2, 0) is 19.9 Å². The van der Waals surface area contributed by atoms with E-state index in [1.54, 1.807) is 0 Å². The van der Waals surface area contributed by atoms with E-state index in [0.29, 0.717) is 6.54 Å². The average Bonchev–Trinajstić information content (AvgIpc) is 2.47. The molecule has 0 radical (unpaired) electrons. The van der Waals surface area contributed by atoms with Crippen LogP contribution >= 0.6 is 0 Å². The number of halogens is 2. The summed E-state index contributed by atoms with van der Waals surface area (Å²) in [7, 11) is -8.46. The topological polar surface area (TPSA) is 71.5 Å². The monoisotopic (exact) mass is 353 g/mol. The Morgan fingerprint density at radius 1 is 1.05 bits per heavy atom. The first kappa shape index (κ1) is 17.3. The van der Waals surface area contributed by atoms with Gasteiger partial charge in [-0.3, -0.25) is 0 Å². The van der Waals surface area contributed by atoms with E-state index in [1.165, 1.54) is 4.31 Å². The van der Waals surface area contributed by atoms with Gasteiger partial charge in [0.05, 0.1) is 9.79 Å². The van der Waals surface area contributed by atoms with Crippen molar-refractivity contribution in [3.05, 3.63) is 24.3 Å². The molecule has 0 bridgehead atoms. The van der Waals surface area contributed by atoms with Crippen LogP contribution in [0.3, 0.4) is 0 Å². The molecule has 124 valence electrons. The standard InChI is InChI=1S/C13H17F2NO4S2/c1-10-4-2-3-9-16(10)22(19,20)12-7-5-11(6-8-12)21(17,18)13(14)15/h5-8,10,13H,2-4,9H2,1H3. The molecule has 1 unspecified atom stereocenters. The molecular formula is C13H17F2NO4S2. The van der Waals surface area contributed by atoms with Gasteiger partial charge in [0.15, 0.2) is 0 Å². The van der Waals surface area contributed by atoms with Gasteiger partial charge in [0.25, 0.3) is 0 Å². The number of sulfonamides is 1. The lowest BCUT2D eigenvalue weighted by Gasteiger charge is -2.32. The van der Waals surface area contributed by atoms with Gasteiger partial charge >= 0.3 is 5.76 Å². The quantitative estimate of drug-likeness (QED) is 0.832. The number of alkyl halides is 2. The third kappa shape index (κ3) is 3.16. The number of piperidine rings is 1. The summed E-state index contributed by atoms with van der Waals surface area (Å²) in [5.41, 5.74) is 0. The number of benzene rings is 1. The lowest BCUT2D eigenvalue weighted by molar-refractivity contribution is 0.234. The third-order valence-corrected chi connectivity index (χ3v) is 7.16. The number of nitrogens with zero attached hydrogens (tertiary/aromatic N) is 1. The van der Waals surface area contributed by atoms with Crippen molar-refractivity contribution in [3.8, 4) is 0 Å². The summed E-state index contributed by atoms with van der Waals surface area (Å²) in [5.74, 6) is -3.53. The van der Waals surface area contributed by atoms with Crippen LogP contribution in [-0.4, -0.2) is 39.5 Å². The molecule has 1 fully saturated rings. The molecule has 5 nitrogen and oxygen atoms in total. The van der Waals surface area contributed by atoms with Crippen LogP contribution in [0.1, 0.15) is 26.2 Å². The summed E-state index contributed by atoms with van der Waals surface area (Å²) in [6.07, 6.45) is 2.48. The van der Waals surface area contributed by atoms with Gasteiger partial charge in [-0.05, 0) is 44.0 Å². The van der Waals surface area contributed by atoms with Gasteiger partial charge in [-0.1, -0.05) is 6.42 Å². The van der Waals surface area contributed by atoms with E-state index < -0.39 is 30.5 Å². The van der Waals surface area contributed by atoms with E-state index in [9.17, 15) is 25.6 Å². The van der Waals surface area contributed by atoms with Gasteiger partial charge in [-0.2, -0.15) is 13.1 Å². The molecule has 2 rings (SSSR count). The zero-order valence-corrected chi connectivity index (χ0v) is 13.6. The Morgan fingerprint density at radius 2 is 1.59 bits per heavy atom. The van der Waals surface area contributed by atoms with Crippen LogP contribution in [0.4, 0.5) is 8.78 Å². The molecule has 1 saturated heterocycles. The molecule has 1 aromatic rings. The second-order valence-electron chi connectivity index (χ2n) is 5.24. The smallest absolute Gasteiger partial charge is 0.218 e. The number of hydrogen-bond acceptors (Lipinski definition) is 4. The summed E-state index contributed by atoms with van der Waals surface area (Å²) in [4.78, 5) is -0.678.